The molecule has 0 aromatic heterocycles. The zero-order chi connectivity index (χ0) is 25.7. The van der Waals surface area contributed by atoms with Crippen LogP contribution in [0, 0.1) is 43.4 Å². The third kappa shape index (κ3) is 3.33. The number of rotatable bonds is 5. The highest BCUT2D eigenvalue weighted by Crippen LogP contribution is 2.47. The summed E-state index contributed by atoms with van der Waals surface area (Å²) < 4.78 is 0. The number of carbonyl (C=O) groups is 3. The quantitative estimate of drug-likeness (QED) is 0.267. The van der Waals surface area contributed by atoms with Gasteiger partial charge in [0, 0.05) is 36.0 Å². The van der Waals surface area contributed by atoms with E-state index in [1.54, 1.807) is 4.90 Å². The van der Waals surface area contributed by atoms with Gasteiger partial charge in [-0.2, -0.15) is 5.26 Å². The van der Waals surface area contributed by atoms with E-state index in [-0.39, 0.29) is 28.2 Å². The maximum Gasteiger partial charge on any atom is 0.270 e. The van der Waals surface area contributed by atoms with Gasteiger partial charge in [-0.15, -0.1) is 0 Å². The number of nitrogens with zero attached hydrogens (tertiary/aromatic N) is 5. The van der Waals surface area contributed by atoms with Gasteiger partial charge in [-0.3, -0.25) is 34.6 Å². The van der Waals surface area contributed by atoms with Crippen molar-refractivity contribution in [2.45, 2.75) is 12.1 Å². The molecule has 5 rings (SSSR count). The number of Topliss-reactive ketones (excluding diaryl/α,β-unsaturated/α-hetero) is 1. The van der Waals surface area contributed by atoms with Crippen LogP contribution in [0.25, 0.3) is 0 Å². The highest BCUT2D eigenvalue weighted by molar-refractivity contribution is 6.24. The molecule has 0 aliphatic carbocycles. The average molecular weight is 485 g/mol. The van der Waals surface area contributed by atoms with Crippen molar-refractivity contribution in [2.75, 3.05) is 4.90 Å². The summed E-state index contributed by atoms with van der Waals surface area (Å²) in [5.41, 5.74) is -0.136. The van der Waals surface area contributed by atoms with E-state index in [9.17, 15) is 39.9 Å². The summed E-state index contributed by atoms with van der Waals surface area (Å²) in [5.74, 6) is -4.00. The highest BCUT2D eigenvalue weighted by atomic mass is 16.6. The lowest BCUT2D eigenvalue weighted by atomic mass is 9.86. The molecule has 0 bridgehead atoms. The fraction of sp³-hybridized carbons (Fsp3) is 0.167. The maximum atomic E-state index is 13.6. The monoisotopic (exact) mass is 485 g/mol. The Labute approximate surface area is 202 Å². The van der Waals surface area contributed by atoms with Gasteiger partial charge in [-0.05, 0) is 24.3 Å². The molecule has 2 fully saturated rings. The number of nitro benzene ring substituents is 2. The topological polar surface area (TPSA) is 168 Å². The number of anilines is 1. The van der Waals surface area contributed by atoms with Crippen LogP contribution in [0.4, 0.5) is 17.1 Å². The first kappa shape index (κ1) is 22.6. The Bertz CT molecular complexity index is 1460. The van der Waals surface area contributed by atoms with E-state index in [4.69, 9.17) is 0 Å². The Morgan fingerprint density at radius 2 is 1.61 bits per heavy atom. The fourth-order valence-electron chi connectivity index (χ4n) is 5.04. The predicted molar refractivity (Wildman–Crippen MR) is 122 cm³/mol. The Morgan fingerprint density at radius 3 is 2.25 bits per heavy atom. The molecule has 2 amide bonds. The molecule has 0 radical (unpaired) electrons. The minimum atomic E-state index is -1.16. The predicted octanol–water partition coefficient (Wildman–Crippen LogP) is 2.52. The van der Waals surface area contributed by atoms with E-state index >= 15 is 0 Å². The van der Waals surface area contributed by atoms with E-state index < -0.39 is 51.4 Å². The average Bonchev–Trinajstić information content (AvgIpc) is 3.35. The zero-order valence-electron chi connectivity index (χ0n) is 18.3. The van der Waals surface area contributed by atoms with Crippen LogP contribution >= 0.6 is 0 Å². The van der Waals surface area contributed by atoms with Crippen LogP contribution in [0.3, 0.4) is 0 Å². The van der Waals surface area contributed by atoms with Gasteiger partial charge in [0.1, 0.15) is 6.04 Å². The van der Waals surface area contributed by atoms with Crippen LogP contribution < -0.4 is 4.90 Å². The number of benzene rings is 2. The second kappa shape index (κ2) is 8.24. The van der Waals surface area contributed by atoms with Gasteiger partial charge in [0.05, 0.1) is 45.1 Å². The van der Waals surface area contributed by atoms with Crippen LogP contribution in [0.1, 0.15) is 10.4 Å². The normalized spacial score (nSPS) is 24.1. The molecule has 3 aliphatic heterocycles. The van der Waals surface area contributed by atoms with E-state index in [1.165, 1.54) is 60.8 Å². The van der Waals surface area contributed by atoms with Crippen LogP contribution in [0.5, 0.6) is 0 Å². The van der Waals surface area contributed by atoms with Crippen molar-refractivity contribution in [3.63, 3.8) is 0 Å². The van der Waals surface area contributed by atoms with Crippen LogP contribution in [0.2, 0.25) is 0 Å². The number of hydrogen-bond acceptors (Lipinski definition) is 9. The second-order valence-corrected chi connectivity index (χ2v) is 8.44. The summed E-state index contributed by atoms with van der Waals surface area (Å²) in [6, 6.07) is 10.1. The minimum absolute atomic E-state index is 0.00564. The lowest BCUT2D eigenvalue weighted by Gasteiger charge is -2.32. The van der Waals surface area contributed by atoms with Crippen molar-refractivity contribution >= 4 is 34.7 Å². The zero-order valence-corrected chi connectivity index (χ0v) is 18.3. The third-order valence-corrected chi connectivity index (χ3v) is 6.61. The van der Waals surface area contributed by atoms with E-state index in [0.717, 1.165) is 11.0 Å². The summed E-state index contributed by atoms with van der Waals surface area (Å²) in [4.78, 5) is 64.2. The second-order valence-electron chi connectivity index (χ2n) is 8.44. The highest BCUT2D eigenvalue weighted by Gasteiger charge is 2.63. The molecule has 0 N–H and O–H groups in total. The molecular weight excluding hydrogens is 470 g/mol. The molecular formula is C24H15N5O7. The third-order valence-electron chi connectivity index (χ3n) is 6.61. The van der Waals surface area contributed by atoms with Crippen molar-refractivity contribution in [3.05, 3.63) is 98.2 Å². The molecule has 0 unspecified atom stereocenters. The molecule has 12 nitrogen and oxygen atoms in total. The minimum Gasteiger partial charge on any atom is -0.359 e. The summed E-state index contributed by atoms with van der Waals surface area (Å²) in [6.45, 7) is 0. The van der Waals surface area contributed by atoms with E-state index in [1.807, 2.05) is 6.07 Å². The van der Waals surface area contributed by atoms with Crippen molar-refractivity contribution in [2.24, 2.45) is 11.8 Å². The Balaban J connectivity index is 1.58. The number of ketones is 1. The number of imide groups is 1. The molecule has 2 aromatic carbocycles. The summed E-state index contributed by atoms with van der Waals surface area (Å²) in [5, 5.41) is 31.6. The molecule has 0 spiro atoms. The van der Waals surface area contributed by atoms with Gasteiger partial charge in [0.2, 0.25) is 11.8 Å². The van der Waals surface area contributed by atoms with E-state index in [0.29, 0.717) is 0 Å². The number of allylic oxidation sites excluding steroid dienone is 2. The van der Waals surface area contributed by atoms with Gasteiger partial charge in [-0.1, -0.05) is 12.1 Å². The molecule has 4 atom stereocenters. The Morgan fingerprint density at radius 1 is 0.944 bits per heavy atom. The molecule has 0 saturated carbocycles. The number of carbonyl (C=O) groups excluding carboxylic acids is 3. The van der Waals surface area contributed by atoms with Crippen molar-refractivity contribution < 1.29 is 24.2 Å². The lowest BCUT2D eigenvalue weighted by molar-refractivity contribution is -0.385. The van der Waals surface area contributed by atoms with Crippen LogP contribution in [-0.4, -0.2) is 44.4 Å². The Hall–Kier alpha value is -5.18. The van der Waals surface area contributed by atoms with Gasteiger partial charge in [0.15, 0.2) is 5.78 Å². The van der Waals surface area contributed by atoms with Gasteiger partial charge in [-0.25, -0.2) is 4.90 Å². The van der Waals surface area contributed by atoms with Crippen molar-refractivity contribution in [1.29, 1.82) is 5.26 Å². The molecule has 2 saturated heterocycles. The standard InChI is InChI=1S/C24H15N5O7/c25-12-13-8-9-26-18(10-13)19-20(21(26)22(30)14-2-1-3-17(11-14)29(35)36)24(32)27(23(19)31)15-4-6-16(7-5-15)28(33)34/h1-11,18-21H/t18-,19-,20-,21+/m0/s1. The first-order chi connectivity index (χ1) is 17.2. The summed E-state index contributed by atoms with van der Waals surface area (Å²) >= 11 is 0. The number of nitriles is 1. The molecule has 2 aromatic rings. The fourth-order valence-corrected chi connectivity index (χ4v) is 5.04. The number of non-ortho nitro benzene ring substituents is 2. The van der Waals surface area contributed by atoms with Crippen molar-refractivity contribution in [3.8, 4) is 6.07 Å². The largest absolute Gasteiger partial charge is 0.359 e. The number of hydrogen-bond donors (Lipinski definition) is 0. The van der Waals surface area contributed by atoms with Crippen LogP contribution in [0.15, 0.2) is 72.5 Å². The maximum absolute atomic E-state index is 13.6. The van der Waals surface area contributed by atoms with Gasteiger partial charge in [0.25, 0.3) is 11.4 Å². The van der Waals surface area contributed by atoms with Crippen LogP contribution in [-0.2, 0) is 9.59 Å². The summed E-state index contributed by atoms with van der Waals surface area (Å²) in [6.07, 6.45) is 4.47. The molecule has 12 heteroatoms. The van der Waals surface area contributed by atoms with Gasteiger partial charge >= 0.3 is 0 Å². The first-order valence-corrected chi connectivity index (χ1v) is 10.7. The Kier molecular flexibility index (Phi) is 5.17. The SMILES string of the molecule is N#CC1=C[C@H]2[C@@H]3C(=O)N(c4ccc([N+](=O)[O-])cc4)C(=O)[C@@H]3[C@H](C(=O)c3cccc([N+](=O)[O-])c3)N2C=C1. The molecule has 3 heterocycles. The molecule has 3 aliphatic rings. The van der Waals surface area contributed by atoms with E-state index in [2.05, 4.69) is 0 Å². The summed E-state index contributed by atoms with van der Waals surface area (Å²) in [7, 11) is 0. The molecule has 36 heavy (non-hydrogen) atoms. The lowest BCUT2D eigenvalue weighted by Crippen LogP contribution is -2.46. The number of fused-ring (bicyclic) bond motifs is 3. The first-order valence-electron chi connectivity index (χ1n) is 10.7. The number of nitro groups is 2. The smallest absolute Gasteiger partial charge is 0.270 e. The van der Waals surface area contributed by atoms with Gasteiger partial charge < -0.3 is 4.90 Å². The molecule has 178 valence electrons. The number of amides is 2. The van der Waals surface area contributed by atoms with Crippen molar-refractivity contribution in [1.82, 2.24) is 4.90 Å².